The van der Waals surface area contributed by atoms with Gasteiger partial charge in [-0.25, -0.2) is 0 Å². The maximum atomic E-state index is 6.76. The second-order valence-corrected chi connectivity index (χ2v) is 8.90. The number of rotatable bonds is 0. The van der Waals surface area contributed by atoms with Crippen molar-refractivity contribution < 1.29 is 0 Å². The van der Waals surface area contributed by atoms with E-state index in [4.69, 9.17) is 69.6 Å². The van der Waals surface area contributed by atoms with Crippen molar-refractivity contribution in [2.45, 2.75) is 20.5 Å². The predicted octanol–water partition coefficient (Wildman–Crippen LogP) is 5.27. The van der Waals surface area contributed by atoms with Gasteiger partial charge in [0.15, 0.2) is 4.33 Å². The van der Waals surface area contributed by atoms with Gasteiger partial charge >= 0.3 is 0 Å². The number of fused-ring (bicyclic) bond motifs is 9. The molecule has 0 N–H and O–H groups in total. The van der Waals surface area contributed by atoms with Crippen molar-refractivity contribution in [2.24, 2.45) is 23.7 Å². The van der Waals surface area contributed by atoms with Crippen LogP contribution in [0.25, 0.3) is 0 Å². The van der Waals surface area contributed by atoms with Gasteiger partial charge in [0.05, 0.1) is 10.1 Å². The highest BCUT2D eigenvalue weighted by atomic mass is 35.5. The molecule has 6 heteroatoms. The van der Waals surface area contributed by atoms with Crippen LogP contribution in [0.2, 0.25) is 0 Å². The lowest BCUT2D eigenvalue weighted by Crippen LogP contribution is -2.46. The van der Waals surface area contributed by atoms with Crippen molar-refractivity contribution in [3.8, 4) is 0 Å². The highest BCUT2D eigenvalue weighted by Gasteiger charge is 2.85. The number of allylic oxidation sites excluding steroid dienone is 4. The molecule has 0 heterocycles. The Morgan fingerprint density at radius 2 is 1.22 bits per heavy atom. The van der Waals surface area contributed by atoms with Gasteiger partial charge in [-0.3, -0.25) is 0 Å². The number of halogens is 6. The summed E-state index contributed by atoms with van der Waals surface area (Å²) in [7, 11) is 0. The Morgan fingerprint density at radius 3 is 1.61 bits per heavy atom. The maximum absolute atomic E-state index is 6.76. The molecule has 0 amide bonds. The standard InChI is InChI=1S/C12H8Cl6/c13-8-9(14)11(16)7-5-2-1-4(3-5)6(7)10(8,15)12(11,17)18/h1-2,4-7H,3H2/t4-,5+,6+,7-,10-,11+. The minimum absolute atomic E-state index is 0.0664. The van der Waals surface area contributed by atoms with Gasteiger partial charge < -0.3 is 0 Å². The minimum atomic E-state index is -1.37. The van der Waals surface area contributed by atoms with Gasteiger partial charge in [-0.2, -0.15) is 0 Å². The van der Waals surface area contributed by atoms with Crippen molar-refractivity contribution in [3.05, 3.63) is 22.2 Å². The molecule has 2 saturated carbocycles. The molecule has 4 aliphatic rings. The third-order valence-corrected chi connectivity index (χ3v) is 9.42. The fourth-order valence-corrected chi connectivity index (χ4v) is 7.61. The summed E-state index contributed by atoms with van der Waals surface area (Å²) in [6, 6.07) is 0. The molecule has 0 spiro atoms. The second kappa shape index (κ2) is 3.34. The van der Waals surface area contributed by atoms with Gasteiger partial charge in [-0.15, -0.1) is 23.2 Å². The number of hydrogen-bond donors (Lipinski definition) is 0. The summed E-state index contributed by atoms with van der Waals surface area (Å²) >= 11 is 39.2. The van der Waals surface area contributed by atoms with Crippen LogP contribution >= 0.6 is 69.6 Å². The molecular weight excluding hydrogens is 357 g/mol. The van der Waals surface area contributed by atoms with Crippen LogP contribution < -0.4 is 0 Å². The Morgan fingerprint density at radius 1 is 0.833 bits per heavy atom. The lowest BCUT2D eigenvalue weighted by atomic mass is 9.75. The lowest BCUT2D eigenvalue weighted by Gasteiger charge is -2.37. The predicted molar refractivity (Wildman–Crippen MR) is 78.1 cm³/mol. The molecule has 2 fully saturated rings. The van der Waals surface area contributed by atoms with E-state index in [9.17, 15) is 0 Å². The van der Waals surface area contributed by atoms with E-state index in [-0.39, 0.29) is 11.8 Å². The summed E-state index contributed by atoms with van der Waals surface area (Å²) in [6.07, 6.45) is 5.40. The Kier molecular flexibility index (Phi) is 2.40. The molecule has 0 aromatic rings. The van der Waals surface area contributed by atoms with E-state index in [1.54, 1.807) is 0 Å². The molecule has 0 radical (unpaired) electrons. The fraction of sp³-hybridized carbons (Fsp3) is 0.667. The van der Waals surface area contributed by atoms with E-state index in [0.717, 1.165) is 6.42 Å². The third kappa shape index (κ3) is 0.973. The minimum Gasteiger partial charge on any atom is -0.109 e. The molecule has 6 atom stereocenters. The van der Waals surface area contributed by atoms with Gasteiger partial charge in [0.2, 0.25) is 0 Å². The maximum Gasteiger partial charge on any atom is 0.166 e. The van der Waals surface area contributed by atoms with Crippen LogP contribution in [0.5, 0.6) is 0 Å². The summed E-state index contributed by atoms with van der Waals surface area (Å²) in [4.78, 5) is -2.13. The normalized spacial score (nSPS) is 58.8. The van der Waals surface area contributed by atoms with E-state index in [1.807, 2.05) is 0 Å². The molecule has 0 aromatic heterocycles. The molecule has 0 aromatic carbocycles. The molecular formula is C12H8Cl6. The van der Waals surface area contributed by atoms with Crippen molar-refractivity contribution in [2.75, 3.05) is 0 Å². The van der Waals surface area contributed by atoms with E-state index >= 15 is 0 Å². The van der Waals surface area contributed by atoms with Crippen LogP contribution in [-0.4, -0.2) is 14.1 Å². The van der Waals surface area contributed by atoms with E-state index in [1.165, 1.54) is 0 Å². The van der Waals surface area contributed by atoms with Gasteiger partial charge in [0.1, 0.15) is 9.75 Å². The summed E-state index contributed by atoms with van der Waals surface area (Å²) in [6.45, 7) is 0. The Bertz CT molecular complexity index is 481. The topological polar surface area (TPSA) is 0 Å². The van der Waals surface area contributed by atoms with Gasteiger partial charge in [0, 0.05) is 0 Å². The molecule has 0 aliphatic heterocycles. The van der Waals surface area contributed by atoms with Crippen molar-refractivity contribution in [3.63, 3.8) is 0 Å². The third-order valence-electron chi connectivity index (χ3n) is 5.12. The molecule has 4 bridgehead atoms. The Labute approximate surface area is 135 Å². The molecule has 4 aliphatic carbocycles. The number of alkyl halides is 4. The van der Waals surface area contributed by atoms with E-state index < -0.39 is 14.1 Å². The van der Waals surface area contributed by atoms with Crippen LogP contribution in [0, 0.1) is 23.7 Å². The summed E-state index contributed by atoms with van der Waals surface area (Å²) in [5.74, 6) is 0.815. The van der Waals surface area contributed by atoms with Crippen LogP contribution in [0.3, 0.4) is 0 Å². The molecule has 18 heavy (non-hydrogen) atoms. The van der Waals surface area contributed by atoms with Crippen LogP contribution in [-0.2, 0) is 0 Å². The van der Waals surface area contributed by atoms with Gasteiger partial charge in [-0.05, 0) is 30.1 Å². The molecule has 98 valence electrons. The second-order valence-electron chi connectivity index (χ2n) is 5.63. The Balaban J connectivity index is 2.03. The van der Waals surface area contributed by atoms with Crippen LogP contribution in [0.1, 0.15) is 6.42 Å². The lowest BCUT2D eigenvalue weighted by molar-refractivity contribution is 0.305. The van der Waals surface area contributed by atoms with Crippen LogP contribution in [0.4, 0.5) is 0 Å². The number of hydrogen-bond acceptors (Lipinski definition) is 0. The van der Waals surface area contributed by atoms with E-state index in [2.05, 4.69) is 12.2 Å². The van der Waals surface area contributed by atoms with E-state index in [0.29, 0.717) is 21.9 Å². The quantitative estimate of drug-likeness (QED) is 0.312. The zero-order valence-corrected chi connectivity index (χ0v) is 13.5. The largest absolute Gasteiger partial charge is 0.166 e. The average molecular weight is 365 g/mol. The fourth-order valence-electron chi connectivity index (χ4n) is 4.48. The zero-order chi connectivity index (χ0) is 13.1. The zero-order valence-electron chi connectivity index (χ0n) is 8.94. The first-order valence-corrected chi connectivity index (χ1v) is 8.05. The summed E-state index contributed by atoms with van der Waals surface area (Å²) < 4.78 is -1.37. The smallest absolute Gasteiger partial charge is 0.109 e. The van der Waals surface area contributed by atoms with Crippen molar-refractivity contribution in [1.82, 2.24) is 0 Å². The molecule has 0 unspecified atom stereocenters. The summed E-state index contributed by atoms with van der Waals surface area (Å²) in [5, 5.41) is 0.654. The van der Waals surface area contributed by atoms with Gasteiger partial charge in [-0.1, -0.05) is 58.6 Å². The van der Waals surface area contributed by atoms with Crippen molar-refractivity contribution >= 4 is 69.6 Å². The summed E-state index contributed by atoms with van der Waals surface area (Å²) in [5.41, 5.74) is 0. The average Bonchev–Trinajstić information content (AvgIpc) is 2.97. The molecule has 0 nitrogen and oxygen atoms in total. The first kappa shape index (κ1) is 12.9. The highest BCUT2D eigenvalue weighted by Crippen LogP contribution is 2.81. The first-order chi connectivity index (χ1) is 8.28. The van der Waals surface area contributed by atoms with Crippen LogP contribution in [0.15, 0.2) is 22.2 Å². The molecule has 4 rings (SSSR count). The SMILES string of the molecule is ClC1=C(Cl)[C@]2(Cl)[C@@H]3[C@@H]([C@H]4C=C[C@@H]3C4)[C@@]1(Cl)C2(Cl)Cl. The monoisotopic (exact) mass is 362 g/mol. The van der Waals surface area contributed by atoms with Gasteiger partial charge in [0.25, 0.3) is 0 Å². The highest BCUT2D eigenvalue weighted by molar-refractivity contribution is 6.65. The van der Waals surface area contributed by atoms with Crippen molar-refractivity contribution in [1.29, 1.82) is 0 Å². The first-order valence-electron chi connectivity index (χ1n) is 5.78. The molecule has 0 saturated heterocycles. The Hall–Kier alpha value is 1.22.